The van der Waals surface area contributed by atoms with Crippen molar-refractivity contribution >= 4 is 15.9 Å². The van der Waals surface area contributed by atoms with Crippen molar-refractivity contribution in [1.82, 2.24) is 5.48 Å². The van der Waals surface area contributed by atoms with Crippen LogP contribution in [-0.4, -0.2) is 26.9 Å². The molecule has 0 spiro atoms. The molecule has 0 radical (unpaired) electrons. The standard InChI is InChI=1S/C10H10F3NO5S/c11-10(12,13)7-1-3-8(4-2-7)20(17,18)6-5-19-14-9(15)16/h1-4,14H,5-6H2,(H,15,16)/p-1. The summed E-state index contributed by atoms with van der Waals surface area (Å²) in [5.41, 5.74) is 0.425. The third kappa shape index (κ3) is 4.70. The molecule has 0 aliphatic rings. The van der Waals surface area contributed by atoms with Gasteiger partial charge in [-0.1, -0.05) is 0 Å². The van der Waals surface area contributed by atoms with Crippen LogP contribution in [0.2, 0.25) is 0 Å². The fraction of sp³-hybridized carbons (Fsp3) is 0.300. The smallest absolute Gasteiger partial charge is 0.416 e. The molecule has 6 nitrogen and oxygen atoms in total. The van der Waals surface area contributed by atoms with Crippen molar-refractivity contribution in [3.63, 3.8) is 0 Å². The van der Waals surface area contributed by atoms with Crippen LogP contribution >= 0.6 is 0 Å². The summed E-state index contributed by atoms with van der Waals surface area (Å²) in [5.74, 6) is -0.599. The van der Waals surface area contributed by atoms with Crippen LogP contribution in [0.25, 0.3) is 0 Å². The quantitative estimate of drug-likeness (QED) is 0.625. The Morgan fingerprint density at radius 2 is 1.80 bits per heavy atom. The van der Waals surface area contributed by atoms with Gasteiger partial charge in [-0.2, -0.15) is 13.2 Å². The van der Waals surface area contributed by atoms with Crippen molar-refractivity contribution in [3.05, 3.63) is 29.8 Å². The largest absolute Gasteiger partial charge is 0.528 e. The summed E-state index contributed by atoms with van der Waals surface area (Å²) in [6.07, 6.45) is -6.29. The zero-order valence-corrected chi connectivity index (χ0v) is 10.6. The minimum Gasteiger partial charge on any atom is -0.528 e. The molecule has 0 unspecified atom stereocenters. The van der Waals surface area contributed by atoms with Gasteiger partial charge in [0.1, 0.15) is 0 Å². The average molecular weight is 312 g/mol. The molecule has 1 amide bonds. The van der Waals surface area contributed by atoms with Gasteiger partial charge in [0, 0.05) is 0 Å². The molecule has 0 saturated heterocycles. The van der Waals surface area contributed by atoms with E-state index in [1.165, 1.54) is 5.48 Å². The van der Waals surface area contributed by atoms with Crippen LogP contribution in [0.5, 0.6) is 0 Å². The fourth-order valence-electron chi connectivity index (χ4n) is 1.23. The average Bonchev–Trinajstić information content (AvgIpc) is 2.34. The van der Waals surface area contributed by atoms with Crippen molar-refractivity contribution in [2.24, 2.45) is 0 Å². The van der Waals surface area contributed by atoms with Crippen LogP contribution in [0, 0.1) is 0 Å². The number of hydroxylamine groups is 1. The zero-order valence-electron chi connectivity index (χ0n) is 9.81. The van der Waals surface area contributed by atoms with E-state index in [1.807, 2.05) is 0 Å². The molecular formula is C10H9F3NO5S-. The number of hydrogen-bond acceptors (Lipinski definition) is 5. The van der Waals surface area contributed by atoms with E-state index in [2.05, 4.69) is 4.84 Å². The van der Waals surface area contributed by atoms with Crippen molar-refractivity contribution in [2.75, 3.05) is 12.4 Å². The molecule has 0 heterocycles. The zero-order chi connectivity index (χ0) is 15.4. The lowest BCUT2D eigenvalue weighted by molar-refractivity contribution is -0.263. The van der Waals surface area contributed by atoms with Gasteiger partial charge in [0.05, 0.1) is 22.8 Å². The Labute approximate surface area is 112 Å². The van der Waals surface area contributed by atoms with E-state index in [0.29, 0.717) is 12.1 Å². The highest BCUT2D eigenvalue weighted by Crippen LogP contribution is 2.29. The second kappa shape index (κ2) is 6.09. The first kappa shape index (κ1) is 16.2. The fourth-order valence-corrected chi connectivity index (χ4v) is 2.32. The number of carbonyl (C=O) groups excluding carboxylic acids is 1. The first-order valence-corrected chi connectivity index (χ1v) is 6.77. The molecule has 0 atom stereocenters. The number of sulfone groups is 1. The summed E-state index contributed by atoms with van der Waals surface area (Å²) < 4.78 is 60.3. The Kier molecular flexibility index (Phi) is 4.95. The number of alkyl halides is 3. The van der Waals surface area contributed by atoms with Gasteiger partial charge in [0.25, 0.3) is 0 Å². The predicted octanol–water partition coefficient (Wildman–Crippen LogP) is 0.344. The molecule has 10 heteroatoms. The molecule has 1 aromatic carbocycles. The summed E-state index contributed by atoms with van der Waals surface area (Å²) in [4.78, 5) is 13.9. The molecule has 20 heavy (non-hydrogen) atoms. The molecule has 0 aliphatic heterocycles. The predicted molar refractivity (Wildman–Crippen MR) is 58.0 cm³/mol. The van der Waals surface area contributed by atoms with Gasteiger partial charge in [0.15, 0.2) is 15.9 Å². The van der Waals surface area contributed by atoms with Crippen LogP contribution < -0.4 is 10.6 Å². The van der Waals surface area contributed by atoms with Gasteiger partial charge in [0.2, 0.25) is 0 Å². The Morgan fingerprint density at radius 3 is 2.25 bits per heavy atom. The molecule has 0 saturated carbocycles. The molecule has 0 fully saturated rings. The topological polar surface area (TPSA) is 95.5 Å². The maximum Gasteiger partial charge on any atom is 0.416 e. The molecule has 1 N–H and O–H groups in total. The third-order valence-corrected chi connectivity index (χ3v) is 3.84. The molecule has 1 aromatic rings. The Bertz CT molecular complexity index is 568. The highest BCUT2D eigenvalue weighted by Gasteiger charge is 2.30. The first-order valence-electron chi connectivity index (χ1n) is 5.12. The van der Waals surface area contributed by atoms with Gasteiger partial charge < -0.3 is 9.90 Å². The maximum atomic E-state index is 12.3. The van der Waals surface area contributed by atoms with E-state index >= 15 is 0 Å². The minimum atomic E-state index is -4.55. The van der Waals surface area contributed by atoms with Crippen LogP contribution in [0.4, 0.5) is 18.0 Å². The second-order valence-electron chi connectivity index (χ2n) is 3.58. The third-order valence-electron chi connectivity index (χ3n) is 2.15. The molecule has 112 valence electrons. The van der Waals surface area contributed by atoms with E-state index in [4.69, 9.17) is 0 Å². The lowest BCUT2D eigenvalue weighted by Crippen LogP contribution is -2.37. The van der Waals surface area contributed by atoms with E-state index in [-0.39, 0.29) is 4.90 Å². The van der Waals surface area contributed by atoms with Crippen LogP contribution in [0.3, 0.4) is 0 Å². The van der Waals surface area contributed by atoms with Crippen molar-refractivity contribution in [1.29, 1.82) is 0 Å². The SMILES string of the molecule is O=C([O-])NOCCS(=O)(=O)c1ccc(C(F)(F)F)cc1. The molecular weight excluding hydrogens is 303 g/mol. The second-order valence-corrected chi connectivity index (χ2v) is 5.69. The van der Waals surface area contributed by atoms with E-state index in [1.54, 1.807) is 0 Å². The summed E-state index contributed by atoms with van der Waals surface area (Å²) in [5, 5.41) is 9.92. The van der Waals surface area contributed by atoms with E-state index < -0.39 is 40.0 Å². The van der Waals surface area contributed by atoms with E-state index in [9.17, 15) is 31.5 Å². The Morgan fingerprint density at radius 1 is 1.25 bits per heavy atom. The minimum absolute atomic E-state index is 0.317. The highest BCUT2D eigenvalue weighted by atomic mass is 32.2. The summed E-state index contributed by atoms with van der Waals surface area (Å²) in [6, 6.07) is 2.94. The van der Waals surface area contributed by atoms with Crippen molar-refractivity contribution in [2.45, 2.75) is 11.1 Å². The normalized spacial score (nSPS) is 12.2. The lowest BCUT2D eigenvalue weighted by atomic mass is 10.2. The monoisotopic (exact) mass is 312 g/mol. The van der Waals surface area contributed by atoms with Crippen LogP contribution in [-0.2, 0) is 20.9 Å². The van der Waals surface area contributed by atoms with Gasteiger partial charge in [-0.05, 0) is 24.3 Å². The number of nitrogens with one attached hydrogen (secondary N) is 1. The number of hydrogen-bond donors (Lipinski definition) is 1. The number of benzene rings is 1. The Balaban J connectivity index is 2.71. The lowest BCUT2D eigenvalue weighted by Gasteiger charge is -2.09. The molecule has 1 rings (SSSR count). The van der Waals surface area contributed by atoms with Gasteiger partial charge >= 0.3 is 6.18 Å². The summed E-state index contributed by atoms with van der Waals surface area (Å²) in [6.45, 7) is -0.503. The molecule has 0 bridgehead atoms. The van der Waals surface area contributed by atoms with Gasteiger partial charge in [-0.25, -0.2) is 8.42 Å². The molecule has 0 aromatic heterocycles. The number of rotatable bonds is 5. The first-order chi connectivity index (χ1) is 9.13. The van der Waals surface area contributed by atoms with Crippen LogP contribution in [0.1, 0.15) is 5.56 Å². The Hall–Kier alpha value is -1.81. The van der Waals surface area contributed by atoms with Gasteiger partial charge in [-0.15, -0.1) is 0 Å². The maximum absolute atomic E-state index is 12.3. The van der Waals surface area contributed by atoms with Crippen LogP contribution in [0.15, 0.2) is 29.2 Å². The van der Waals surface area contributed by atoms with E-state index in [0.717, 1.165) is 12.1 Å². The van der Waals surface area contributed by atoms with Gasteiger partial charge in [-0.3, -0.25) is 10.3 Å². The summed E-state index contributed by atoms with van der Waals surface area (Å²) in [7, 11) is -3.87. The highest BCUT2D eigenvalue weighted by molar-refractivity contribution is 7.91. The van der Waals surface area contributed by atoms with Crippen molar-refractivity contribution in [3.8, 4) is 0 Å². The number of halogens is 3. The molecule has 0 aliphatic carbocycles. The summed E-state index contributed by atoms with van der Waals surface area (Å²) >= 11 is 0. The number of amides is 1. The number of carboxylic acid groups (broad SMARTS) is 1. The number of carbonyl (C=O) groups is 1. The van der Waals surface area contributed by atoms with Crippen molar-refractivity contribution < 1.29 is 36.3 Å².